The maximum absolute atomic E-state index is 13.0. The lowest BCUT2D eigenvalue weighted by Crippen LogP contribution is -2.25. The summed E-state index contributed by atoms with van der Waals surface area (Å²) in [6.07, 6.45) is 3.02. The van der Waals surface area contributed by atoms with E-state index in [1.807, 2.05) is 44.2 Å². The number of hydrogen-bond acceptors (Lipinski definition) is 5. The third-order valence-electron chi connectivity index (χ3n) is 5.32. The van der Waals surface area contributed by atoms with Crippen LogP contribution >= 0.6 is 0 Å². The van der Waals surface area contributed by atoms with E-state index in [9.17, 15) is 9.59 Å². The standard InChI is InChI=1S/C24H25N5O3/c1-15(2)29-14-20(18-6-4-5-7-19(18)23(29)31)22(30)26-24-25-21(27-28-24)13-10-16-8-11-17(32-3)12-9-16/h4-9,11-12,14-15H,10,13H2,1-3H3,(H2,25,26,27,28,30). The van der Waals surface area contributed by atoms with Crippen LogP contribution in [0.25, 0.3) is 10.8 Å². The summed E-state index contributed by atoms with van der Waals surface area (Å²) < 4.78 is 6.74. The zero-order valence-corrected chi connectivity index (χ0v) is 18.3. The summed E-state index contributed by atoms with van der Waals surface area (Å²) >= 11 is 0. The molecule has 4 rings (SSSR count). The molecule has 4 aromatic rings. The molecule has 0 radical (unpaired) electrons. The molecule has 0 saturated heterocycles. The van der Waals surface area contributed by atoms with Gasteiger partial charge in [0, 0.05) is 29.4 Å². The van der Waals surface area contributed by atoms with Gasteiger partial charge in [-0.3, -0.25) is 20.0 Å². The Kier molecular flexibility index (Phi) is 6.02. The Bertz CT molecular complexity index is 1310. The van der Waals surface area contributed by atoms with Crippen LogP contribution in [0.4, 0.5) is 5.95 Å². The maximum atomic E-state index is 13.0. The molecule has 8 heteroatoms. The van der Waals surface area contributed by atoms with Crippen molar-refractivity contribution in [1.29, 1.82) is 0 Å². The number of rotatable bonds is 7. The molecule has 0 fully saturated rings. The Hall–Kier alpha value is -3.94. The molecular formula is C24H25N5O3. The van der Waals surface area contributed by atoms with Crippen molar-refractivity contribution < 1.29 is 9.53 Å². The molecular weight excluding hydrogens is 406 g/mol. The van der Waals surface area contributed by atoms with Crippen LogP contribution in [-0.2, 0) is 12.8 Å². The molecule has 0 aliphatic heterocycles. The number of nitrogens with one attached hydrogen (secondary N) is 2. The third kappa shape index (κ3) is 4.39. The van der Waals surface area contributed by atoms with E-state index in [4.69, 9.17) is 4.74 Å². The Morgan fingerprint density at radius 2 is 1.81 bits per heavy atom. The molecule has 1 amide bonds. The van der Waals surface area contributed by atoms with Crippen LogP contribution in [0.5, 0.6) is 5.75 Å². The quantitative estimate of drug-likeness (QED) is 0.464. The molecule has 0 saturated carbocycles. The van der Waals surface area contributed by atoms with E-state index in [0.29, 0.717) is 28.6 Å². The first-order chi connectivity index (χ1) is 15.5. The molecule has 0 bridgehead atoms. The summed E-state index contributed by atoms with van der Waals surface area (Å²) in [5.41, 5.74) is 1.43. The summed E-state index contributed by atoms with van der Waals surface area (Å²) in [5, 5.41) is 10.8. The van der Waals surface area contributed by atoms with Gasteiger partial charge in [-0.15, -0.1) is 5.10 Å². The number of carbonyl (C=O) groups excluding carboxylic acids is 1. The zero-order chi connectivity index (χ0) is 22.7. The SMILES string of the molecule is COc1ccc(CCc2nc(NC(=O)c3cn(C(C)C)c(=O)c4ccccc34)n[nH]2)cc1. The number of aryl methyl sites for hydroxylation is 2. The number of carbonyl (C=O) groups is 1. The third-order valence-corrected chi connectivity index (χ3v) is 5.32. The number of H-pyrrole nitrogens is 1. The Morgan fingerprint density at radius 3 is 2.50 bits per heavy atom. The normalized spacial score (nSPS) is 11.1. The van der Waals surface area contributed by atoms with Crippen LogP contribution in [0.1, 0.15) is 41.6 Å². The van der Waals surface area contributed by atoms with Crippen LogP contribution < -0.4 is 15.6 Å². The highest BCUT2D eigenvalue weighted by molar-refractivity contribution is 6.12. The number of aromatic amines is 1. The van der Waals surface area contributed by atoms with Crippen molar-refractivity contribution in [3.63, 3.8) is 0 Å². The largest absolute Gasteiger partial charge is 0.497 e. The number of hydrogen-bond donors (Lipinski definition) is 2. The van der Waals surface area contributed by atoms with Crippen LogP contribution in [0.2, 0.25) is 0 Å². The van der Waals surface area contributed by atoms with E-state index in [1.54, 1.807) is 36.1 Å². The van der Waals surface area contributed by atoms with Crippen molar-refractivity contribution in [3.8, 4) is 5.75 Å². The van der Waals surface area contributed by atoms with E-state index in [-0.39, 0.29) is 23.5 Å². The number of ether oxygens (including phenoxy) is 1. The van der Waals surface area contributed by atoms with Gasteiger partial charge in [0.1, 0.15) is 11.6 Å². The van der Waals surface area contributed by atoms with Crippen molar-refractivity contribution in [2.24, 2.45) is 0 Å². The monoisotopic (exact) mass is 431 g/mol. The predicted octanol–water partition coefficient (Wildman–Crippen LogP) is 3.75. The maximum Gasteiger partial charge on any atom is 0.260 e. The van der Waals surface area contributed by atoms with Gasteiger partial charge in [0.15, 0.2) is 0 Å². The molecule has 0 aliphatic carbocycles. The molecule has 0 atom stereocenters. The van der Waals surface area contributed by atoms with E-state index in [2.05, 4.69) is 20.5 Å². The minimum Gasteiger partial charge on any atom is -0.497 e. The van der Waals surface area contributed by atoms with Crippen molar-refractivity contribution in [3.05, 3.63) is 82.0 Å². The molecule has 2 N–H and O–H groups in total. The minimum atomic E-state index is -0.365. The fourth-order valence-corrected chi connectivity index (χ4v) is 3.56. The Morgan fingerprint density at radius 1 is 1.09 bits per heavy atom. The smallest absolute Gasteiger partial charge is 0.260 e. The second kappa shape index (κ2) is 9.05. The van der Waals surface area contributed by atoms with E-state index < -0.39 is 0 Å². The highest BCUT2D eigenvalue weighted by Crippen LogP contribution is 2.19. The molecule has 0 aliphatic rings. The van der Waals surface area contributed by atoms with Crippen LogP contribution in [0.3, 0.4) is 0 Å². The van der Waals surface area contributed by atoms with Gasteiger partial charge >= 0.3 is 0 Å². The van der Waals surface area contributed by atoms with Gasteiger partial charge < -0.3 is 9.30 Å². The predicted molar refractivity (Wildman–Crippen MR) is 123 cm³/mol. The van der Waals surface area contributed by atoms with Gasteiger partial charge in [0.25, 0.3) is 11.5 Å². The van der Waals surface area contributed by atoms with Gasteiger partial charge in [-0.1, -0.05) is 30.3 Å². The lowest BCUT2D eigenvalue weighted by Gasteiger charge is -2.14. The summed E-state index contributed by atoms with van der Waals surface area (Å²) in [4.78, 5) is 30.1. The average Bonchev–Trinajstić information content (AvgIpc) is 3.25. The lowest BCUT2D eigenvalue weighted by molar-refractivity contribution is 0.102. The van der Waals surface area contributed by atoms with Crippen molar-refractivity contribution in [2.75, 3.05) is 12.4 Å². The zero-order valence-electron chi connectivity index (χ0n) is 18.3. The van der Waals surface area contributed by atoms with Gasteiger partial charge in [0.2, 0.25) is 5.95 Å². The molecule has 0 spiro atoms. The first-order valence-corrected chi connectivity index (χ1v) is 10.5. The topological polar surface area (TPSA) is 102 Å². The Labute approximate surface area is 185 Å². The van der Waals surface area contributed by atoms with E-state index in [0.717, 1.165) is 17.7 Å². The van der Waals surface area contributed by atoms with E-state index >= 15 is 0 Å². The summed E-state index contributed by atoms with van der Waals surface area (Å²) in [7, 11) is 1.64. The van der Waals surface area contributed by atoms with Crippen LogP contribution in [-0.4, -0.2) is 32.8 Å². The van der Waals surface area contributed by atoms with Gasteiger partial charge in [0.05, 0.1) is 12.7 Å². The Balaban J connectivity index is 1.51. The lowest BCUT2D eigenvalue weighted by atomic mass is 10.1. The number of pyridine rings is 1. The van der Waals surface area contributed by atoms with Crippen molar-refractivity contribution in [2.45, 2.75) is 32.7 Å². The minimum absolute atomic E-state index is 0.0771. The van der Waals surface area contributed by atoms with Crippen LogP contribution in [0, 0.1) is 0 Å². The van der Waals surface area contributed by atoms with Crippen LogP contribution in [0.15, 0.2) is 59.5 Å². The second-order valence-corrected chi connectivity index (χ2v) is 7.80. The number of aromatic nitrogens is 4. The fraction of sp³-hybridized carbons (Fsp3) is 0.250. The van der Waals surface area contributed by atoms with Gasteiger partial charge in [-0.25, -0.2) is 0 Å². The molecule has 2 aromatic heterocycles. The molecule has 164 valence electrons. The highest BCUT2D eigenvalue weighted by atomic mass is 16.5. The first-order valence-electron chi connectivity index (χ1n) is 10.5. The molecule has 0 unspecified atom stereocenters. The van der Waals surface area contributed by atoms with Gasteiger partial charge in [-0.2, -0.15) is 4.98 Å². The highest BCUT2D eigenvalue weighted by Gasteiger charge is 2.17. The number of fused-ring (bicyclic) bond motifs is 1. The average molecular weight is 431 g/mol. The van der Waals surface area contributed by atoms with Gasteiger partial charge in [-0.05, 0) is 44.0 Å². The summed E-state index contributed by atoms with van der Waals surface area (Å²) in [5.74, 6) is 1.32. The molecule has 8 nitrogen and oxygen atoms in total. The molecule has 2 heterocycles. The number of methoxy groups -OCH3 is 1. The summed E-state index contributed by atoms with van der Waals surface area (Å²) in [6, 6.07) is 14.9. The molecule has 32 heavy (non-hydrogen) atoms. The van der Waals surface area contributed by atoms with Crippen molar-refractivity contribution in [1.82, 2.24) is 19.7 Å². The second-order valence-electron chi connectivity index (χ2n) is 7.80. The summed E-state index contributed by atoms with van der Waals surface area (Å²) in [6.45, 7) is 3.81. The molecule has 2 aromatic carbocycles. The number of nitrogens with zero attached hydrogens (tertiary/aromatic N) is 3. The number of anilines is 1. The van der Waals surface area contributed by atoms with E-state index in [1.165, 1.54) is 0 Å². The van der Waals surface area contributed by atoms with Crippen molar-refractivity contribution >= 4 is 22.6 Å². The fourth-order valence-electron chi connectivity index (χ4n) is 3.56. The number of benzene rings is 2. The first kappa shape index (κ1) is 21.3. The number of amides is 1.